The molecule has 0 fully saturated rings. The van der Waals surface area contributed by atoms with Gasteiger partial charge in [-0.15, -0.1) is 0 Å². The van der Waals surface area contributed by atoms with Crippen LogP contribution in [-0.2, 0) is 13.7 Å². The summed E-state index contributed by atoms with van der Waals surface area (Å²) in [6, 6.07) is 3.52. The van der Waals surface area contributed by atoms with Gasteiger partial charge in [-0.1, -0.05) is 0 Å². The molecular formula is C11H12AcN2O2. The van der Waals surface area contributed by atoms with Gasteiger partial charge in [0, 0.05) is 62.9 Å². The Labute approximate surface area is 129 Å². The third-order valence-electron chi connectivity index (χ3n) is 2.43. The molecule has 2 aromatic heterocycles. The number of aromatic nitrogens is 2. The van der Waals surface area contributed by atoms with E-state index in [1.165, 1.54) is 0 Å². The molecule has 1 radical (unpaired) electrons. The minimum absolute atomic E-state index is 0. The van der Waals surface area contributed by atoms with Crippen LogP contribution in [0.1, 0.15) is 11.3 Å². The van der Waals surface area contributed by atoms with Crippen molar-refractivity contribution in [3.05, 3.63) is 39.8 Å². The van der Waals surface area contributed by atoms with Crippen molar-refractivity contribution in [3.63, 3.8) is 0 Å². The van der Waals surface area contributed by atoms with Crippen LogP contribution in [0.3, 0.4) is 0 Å². The second kappa shape index (κ2) is 5.40. The number of pyridine rings is 2. The van der Waals surface area contributed by atoms with Crippen molar-refractivity contribution in [1.82, 2.24) is 9.55 Å². The monoisotopic (exact) mass is 431 g/mol. The van der Waals surface area contributed by atoms with Crippen molar-refractivity contribution in [3.8, 4) is 0 Å². The van der Waals surface area contributed by atoms with E-state index in [0.29, 0.717) is 16.8 Å². The Bertz CT molecular complexity index is 578. The number of fused-ring (bicyclic) bond motifs is 1. The van der Waals surface area contributed by atoms with Crippen molar-refractivity contribution < 1.29 is 49.2 Å². The quantitative estimate of drug-likeness (QED) is 0.725. The number of nitrogens with zero attached hydrogens (tertiary/aromatic N) is 2. The number of hydrogen-bond donors (Lipinski definition) is 1. The summed E-state index contributed by atoms with van der Waals surface area (Å²) in [7, 11) is 1.87. The molecule has 0 unspecified atom stereocenters. The average Bonchev–Trinajstić information content (AvgIpc) is 2.25. The normalized spacial score (nSPS) is 10.2. The Kier molecular flexibility index (Phi) is 4.66. The van der Waals surface area contributed by atoms with Crippen LogP contribution >= 0.6 is 0 Å². The molecule has 0 aliphatic heterocycles. The Morgan fingerprint density at radius 2 is 2.12 bits per heavy atom. The molecule has 2 heterocycles. The summed E-state index contributed by atoms with van der Waals surface area (Å²) in [5.74, 6) is 0. The predicted molar refractivity (Wildman–Crippen MR) is 57.6 cm³/mol. The molecule has 2 rings (SSSR count). The van der Waals surface area contributed by atoms with Gasteiger partial charge < -0.3 is 9.67 Å². The predicted octanol–water partition coefficient (Wildman–Crippen LogP) is 0.734. The van der Waals surface area contributed by atoms with E-state index < -0.39 is 0 Å². The fourth-order valence-corrected chi connectivity index (χ4v) is 1.64. The van der Waals surface area contributed by atoms with Crippen molar-refractivity contribution in [2.75, 3.05) is 0 Å². The number of hydrogen-bond acceptors (Lipinski definition) is 3. The van der Waals surface area contributed by atoms with E-state index in [0.717, 1.165) is 5.52 Å². The number of aryl methyl sites for hydroxylation is 2. The average molecular weight is 431 g/mol. The first-order chi connectivity index (χ1) is 7.13. The largest absolute Gasteiger partial charge is 0.390 e. The molecule has 0 saturated carbocycles. The van der Waals surface area contributed by atoms with Crippen LogP contribution in [0.15, 0.2) is 23.1 Å². The summed E-state index contributed by atoms with van der Waals surface area (Å²) in [6.07, 6.45) is 1.78. The van der Waals surface area contributed by atoms with Gasteiger partial charge in [-0.25, -0.2) is 4.98 Å². The summed E-state index contributed by atoms with van der Waals surface area (Å²) in [4.78, 5) is 15.9. The third kappa shape index (κ3) is 2.37. The number of aliphatic hydroxyl groups excluding tert-OH is 1. The molecule has 0 aliphatic carbocycles. The SMILES string of the molecule is Cc1cn(C)c2ccc(CO)nc2c1=O.[Ac]. The minimum atomic E-state index is -0.146. The van der Waals surface area contributed by atoms with Crippen LogP contribution in [-0.4, -0.2) is 14.7 Å². The minimum Gasteiger partial charge on any atom is -0.390 e. The Hall–Kier alpha value is -0.238. The van der Waals surface area contributed by atoms with Gasteiger partial charge in [-0.05, 0) is 19.1 Å². The number of rotatable bonds is 1. The maximum Gasteiger partial charge on any atom is 0.210 e. The molecule has 0 atom stereocenters. The van der Waals surface area contributed by atoms with E-state index in [-0.39, 0.29) is 56.1 Å². The summed E-state index contributed by atoms with van der Waals surface area (Å²) in [6.45, 7) is 1.61. The Morgan fingerprint density at radius 3 is 2.75 bits per heavy atom. The van der Waals surface area contributed by atoms with Crippen molar-refractivity contribution >= 4 is 11.0 Å². The molecule has 0 spiro atoms. The summed E-state index contributed by atoms with van der Waals surface area (Å²) < 4.78 is 1.86. The standard InChI is InChI=1S/C11H12N2O2.Ac/c1-7-5-13(2)9-4-3-8(6-14)12-10(9)11(7)15;/h3-5,14H,6H2,1-2H3;. The molecule has 0 bridgehead atoms. The van der Waals surface area contributed by atoms with E-state index in [2.05, 4.69) is 4.98 Å². The topological polar surface area (TPSA) is 55.1 Å². The zero-order valence-electron chi connectivity index (χ0n) is 9.27. The fraction of sp³-hybridized carbons (Fsp3) is 0.273. The molecule has 0 amide bonds. The number of aliphatic hydroxyl groups is 1. The fourth-order valence-electron chi connectivity index (χ4n) is 1.64. The van der Waals surface area contributed by atoms with Gasteiger partial charge >= 0.3 is 0 Å². The van der Waals surface area contributed by atoms with Gasteiger partial charge in [0.2, 0.25) is 5.43 Å². The van der Waals surface area contributed by atoms with E-state index >= 15 is 0 Å². The first-order valence-corrected chi connectivity index (χ1v) is 4.70. The first kappa shape index (κ1) is 13.8. The Balaban J connectivity index is 0.00000128. The van der Waals surface area contributed by atoms with Crippen molar-refractivity contribution in [2.24, 2.45) is 7.05 Å². The molecule has 5 heteroatoms. The molecular weight excluding hydrogens is 419 g/mol. The maximum atomic E-state index is 11.8. The van der Waals surface area contributed by atoms with Gasteiger partial charge in [0.1, 0.15) is 5.52 Å². The van der Waals surface area contributed by atoms with Crippen LogP contribution in [0.2, 0.25) is 0 Å². The van der Waals surface area contributed by atoms with Crippen LogP contribution in [0.4, 0.5) is 0 Å². The van der Waals surface area contributed by atoms with Gasteiger partial charge in [0.25, 0.3) is 0 Å². The molecule has 4 nitrogen and oxygen atoms in total. The van der Waals surface area contributed by atoms with E-state index in [4.69, 9.17) is 5.11 Å². The van der Waals surface area contributed by atoms with Gasteiger partial charge in [0.15, 0.2) is 0 Å². The summed E-state index contributed by atoms with van der Waals surface area (Å²) in [5, 5.41) is 8.96. The smallest absolute Gasteiger partial charge is 0.210 e. The van der Waals surface area contributed by atoms with Crippen LogP contribution < -0.4 is 5.43 Å². The molecule has 0 saturated heterocycles. The molecule has 0 aromatic carbocycles. The second-order valence-corrected chi connectivity index (χ2v) is 3.58. The zero-order chi connectivity index (χ0) is 11.0. The summed E-state index contributed by atoms with van der Waals surface area (Å²) >= 11 is 0. The van der Waals surface area contributed by atoms with E-state index in [1.807, 2.05) is 11.6 Å². The van der Waals surface area contributed by atoms with Gasteiger partial charge in [-0.3, -0.25) is 4.79 Å². The second-order valence-electron chi connectivity index (χ2n) is 3.58. The molecule has 2 aromatic rings. The van der Waals surface area contributed by atoms with Crippen molar-refractivity contribution in [2.45, 2.75) is 13.5 Å². The maximum absolute atomic E-state index is 11.8. The third-order valence-corrected chi connectivity index (χ3v) is 2.43. The molecule has 81 valence electrons. The van der Waals surface area contributed by atoms with Crippen molar-refractivity contribution in [1.29, 1.82) is 0 Å². The molecule has 1 N–H and O–H groups in total. The molecule has 16 heavy (non-hydrogen) atoms. The van der Waals surface area contributed by atoms with Crippen LogP contribution in [0, 0.1) is 51.0 Å². The van der Waals surface area contributed by atoms with E-state index in [1.54, 1.807) is 25.3 Å². The van der Waals surface area contributed by atoms with Crippen LogP contribution in [0.5, 0.6) is 0 Å². The van der Waals surface area contributed by atoms with Gasteiger partial charge in [0.05, 0.1) is 17.8 Å². The van der Waals surface area contributed by atoms with E-state index in [9.17, 15) is 4.79 Å². The van der Waals surface area contributed by atoms with Gasteiger partial charge in [-0.2, -0.15) is 0 Å². The zero-order valence-corrected chi connectivity index (χ0v) is 14.0. The summed E-state index contributed by atoms with van der Waals surface area (Å²) in [5.41, 5.74) is 2.31. The van der Waals surface area contributed by atoms with Crippen LogP contribution in [0.25, 0.3) is 11.0 Å². The Morgan fingerprint density at radius 1 is 1.44 bits per heavy atom. The molecule has 0 aliphatic rings. The first-order valence-electron chi connectivity index (χ1n) is 4.70.